The molecular formula is C14H10N2O2. The van der Waals surface area contributed by atoms with Crippen molar-refractivity contribution in [2.45, 2.75) is 0 Å². The zero-order chi connectivity index (χ0) is 12.4. The number of para-hydroxylation sites is 1. The van der Waals surface area contributed by atoms with Gasteiger partial charge >= 0.3 is 0 Å². The number of H-pyrrole nitrogens is 1. The van der Waals surface area contributed by atoms with E-state index >= 15 is 0 Å². The molecule has 0 amide bonds. The molecule has 0 bridgehead atoms. The third-order valence-electron chi connectivity index (χ3n) is 2.59. The van der Waals surface area contributed by atoms with Gasteiger partial charge in [0.25, 0.3) is 5.56 Å². The average molecular weight is 238 g/mol. The summed E-state index contributed by atoms with van der Waals surface area (Å²) < 4.78 is 5.66. The van der Waals surface area contributed by atoms with Gasteiger partial charge in [-0.2, -0.15) is 0 Å². The molecule has 0 unspecified atom stereocenters. The highest BCUT2D eigenvalue weighted by Gasteiger charge is 2.02. The van der Waals surface area contributed by atoms with Gasteiger partial charge in [0.1, 0.15) is 11.5 Å². The minimum atomic E-state index is -0.168. The van der Waals surface area contributed by atoms with E-state index in [0.717, 1.165) is 5.75 Å². The lowest BCUT2D eigenvalue weighted by atomic mass is 10.2. The van der Waals surface area contributed by atoms with Crippen LogP contribution < -0.4 is 10.3 Å². The van der Waals surface area contributed by atoms with E-state index in [1.165, 1.54) is 6.33 Å². The molecule has 0 aliphatic carbocycles. The summed E-state index contributed by atoms with van der Waals surface area (Å²) in [6.45, 7) is 0. The highest BCUT2D eigenvalue weighted by molar-refractivity contribution is 5.78. The molecule has 1 N–H and O–H groups in total. The van der Waals surface area contributed by atoms with Gasteiger partial charge in [-0.1, -0.05) is 18.2 Å². The van der Waals surface area contributed by atoms with Crippen LogP contribution >= 0.6 is 0 Å². The minimum Gasteiger partial charge on any atom is -0.457 e. The smallest absolute Gasteiger partial charge is 0.258 e. The molecule has 18 heavy (non-hydrogen) atoms. The number of ether oxygens (including phenoxy) is 1. The number of rotatable bonds is 2. The number of benzene rings is 2. The number of fused-ring (bicyclic) bond motifs is 1. The Morgan fingerprint density at radius 2 is 1.83 bits per heavy atom. The van der Waals surface area contributed by atoms with E-state index in [1.54, 1.807) is 18.2 Å². The van der Waals surface area contributed by atoms with E-state index in [1.807, 2.05) is 30.3 Å². The van der Waals surface area contributed by atoms with Crippen molar-refractivity contribution in [2.24, 2.45) is 0 Å². The molecule has 0 aliphatic heterocycles. The van der Waals surface area contributed by atoms with Crippen molar-refractivity contribution in [1.29, 1.82) is 0 Å². The lowest BCUT2D eigenvalue weighted by Crippen LogP contribution is -2.05. The molecule has 0 saturated carbocycles. The highest BCUT2D eigenvalue weighted by atomic mass is 16.5. The molecule has 0 atom stereocenters. The Bertz CT molecular complexity index is 735. The Kier molecular flexibility index (Phi) is 2.53. The molecule has 0 fully saturated rings. The van der Waals surface area contributed by atoms with Crippen LogP contribution in [0.15, 0.2) is 59.7 Å². The molecule has 2 aromatic carbocycles. The van der Waals surface area contributed by atoms with Crippen molar-refractivity contribution in [1.82, 2.24) is 9.97 Å². The lowest BCUT2D eigenvalue weighted by Gasteiger charge is -2.05. The second-order valence-corrected chi connectivity index (χ2v) is 3.83. The summed E-state index contributed by atoms with van der Waals surface area (Å²) in [6.07, 6.45) is 1.39. The summed E-state index contributed by atoms with van der Waals surface area (Å²) in [5, 5.41) is 0.519. The number of hydrogen-bond donors (Lipinski definition) is 1. The number of nitrogens with zero attached hydrogens (tertiary/aromatic N) is 1. The fourth-order valence-corrected chi connectivity index (χ4v) is 1.74. The van der Waals surface area contributed by atoms with E-state index in [4.69, 9.17) is 4.74 Å². The molecule has 0 saturated heterocycles. The Morgan fingerprint density at radius 1 is 1.00 bits per heavy atom. The van der Waals surface area contributed by atoms with Gasteiger partial charge in [0.15, 0.2) is 0 Å². The molecule has 3 aromatic rings. The van der Waals surface area contributed by atoms with Crippen molar-refractivity contribution in [3.8, 4) is 11.5 Å². The summed E-state index contributed by atoms with van der Waals surface area (Å²) in [5.74, 6) is 1.35. The zero-order valence-electron chi connectivity index (χ0n) is 9.46. The largest absolute Gasteiger partial charge is 0.457 e. The van der Waals surface area contributed by atoms with Crippen LogP contribution in [-0.2, 0) is 0 Å². The highest BCUT2D eigenvalue weighted by Crippen LogP contribution is 2.22. The number of hydrogen-bond acceptors (Lipinski definition) is 3. The molecule has 4 nitrogen and oxygen atoms in total. The fourth-order valence-electron chi connectivity index (χ4n) is 1.74. The Labute approximate surface area is 103 Å². The molecular weight excluding hydrogens is 228 g/mol. The third-order valence-corrected chi connectivity index (χ3v) is 2.59. The summed E-state index contributed by atoms with van der Waals surface area (Å²) in [7, 11) is 0. The number of aromatic amines is 1. The lowest BCUT2D eigenvalue weighted by molar-refractivity contribution is 0.483. The van der Waals surface area contributed by atoms with Crippen LogP contribution in [0, 0.1) is 0 Å². The topological polar surface area (TPSA) is 55.0 Å². The van der Waals surface area contributed by atoms with Crippen LogP contribution in [0.1, 0.15) is 0 Å². The first-order valence-electron chi connectivity index (χ1n) is 5.53. The maximum Gasteiger partial charge on any atom is 0.258 e. The Balaban J connectivity index is 2.04. The van der Waals surface area contributed by atoms with Crippen molar-refractivity contribution in [3.05, 3.63) is 65.2 Å². The maximum atomic E-state index is 11.6. The van der Waals surface area contributed by atoms with Crippen LogP contribution in [0.5, 0.6) is 11.5 Å². The maximum absolute atomic E-state index is 11.6. The van der Waals surface area contributed by atoms with Gasteiger partial charge in [-0.25, -0.2) is 4.98 Å². The fraction of sp³-hybridized carbons (Fsp3) is 0. The van der Waals surface area contributed by atoms with Gasteiger partial charge in [-0.3, -0.25) is 4.79 Å². The van der Waals surface area contributed by atoms with Crippen molar-refractivity contribution in [3.63, 3.8) is 0 Å². The van der Waals surface area contributed by atoms with Gasteiger partial charge in [0, 0.05) is 0 Å². The molecule has 4 heteroatoms. The predicted molar refractivity (Wildman–Crippen MR) is 68.9 cm³/mol. The van der Waals surface area contributed by atoms with E-state index in [2.05, 4.69) is 9.97 Å². The normalized spacial score (nSPS) is 10.4. The first kappa shape index (κ1) is 10.5. The standard InChI is InChI=1S/C14H10N2O2/c17-14-12-8-11(6-7-13(12)15-9-16-14)18-10-4-2-1-3-5-10/h1-9H,(H,15,16,17). The van der Waals surface area contributed by atoms with Crippen LogP contribution in [0.2, 0.25) is 0 Å². The predicted octanol–water partition coefficient (Wildman–Crippen LogP) is 2.72. The van der Waals surface area contributed by atoms with E-state index in [-0.39, 0.29) is 5.56 Å². The van der Waals surface area contributed by atoms with E-state index < -0.39 is 0 Å². The molecule has 3 rings (SSSR count). The summed E-state index contributed by atoms with van der Waals surface area (Å²) >= 11 is 0. The first-order chi connectivity index (χ1) is 8.83. The van der Waals surface area contributed by atoms with Crippen molar-refractivity contribution < 1.29 is 4.74 Å². The monoisotopic (exact) mass is 238 g/mol. The molecule has 0 spiro atoms. The van der Waals surface area contributed by atoms with E-state index in [0.29, 0.717) is 16.7 Å². The van der Waals surface area contributed by atoms with Gasteiger partial charge in [0.05, 0.1) is 17.2 Å². The molecule has 88 valence electrons. The number of aromatic nitrogens is 2. The second kappa shape index (κ2) is 4.33. The van der Waals surface area contributed by atoms with Crippen molar-refractivity contribution >= 4 is 10.9 Å². The van der Waals surface area contributed by atoms with Gasteiger partial charge < -0.3 is 9.72 Å². The van der Waals surface area contributed by atoms with E-state index in [9.17, 15) is 4.79 Å². The number of nitrogens with one attached hydrogen (secondary N) is 1. The molecule has 0 radical (unpaired) electrons. The molecule has 1 aromatic heterocycles. The van der Waals surface area contributed by atoms with Gasteiger partial charge in [-0.15, -0.1) is 0 Å². The third kappa shape index (κ3) is 1.96. The second-order valence-electron chi connectivity index (χ2n) is 3.83. The summed E-state index contributed by atoms with van der Waals surface area (Å²) in [5.41, 5.74) is 0.484. The van der Waals surface area contributed by atoms with Crippen LogP contribution in [0.3, 0.4) is 0 Å². The zero-order valence-corrected chi connectivity index (χ0v) is 9.46. The van der Waals surface area contributed by atoms with Gasteiger partial charge in [-0.05, 0) is 30.3 Å². The van der Waals surface area contributed by atoms with Crippen LogP contribution in [-0.4, -0.2) is 9.97 Å². The van der Waals surface area contributed by atoms with Crippen LogP contribution in [0.25, 0.3) is 10.9 Å². The first-order valence-corrected chi connectivity index (χ1v) is 5.53. The molecule has 1 heterocycles. The Hall–Kier alpha value is -2.62. The quantitative estimate of drug-likeness (QED) is 0.746. The summed E-state index contributed by atoms with van der Waals surface area (Å²) in [4.78, 5) is 18.3. The SMILES string of the molecule is O=c1[nH]cnc2ccc(Oc3ccccc3)cc12. The summed E-state index contributed by atoms with van der Waals surface area (Å²) in [6, 6.07) is 14.7. The Morgan fingerprint density at radius 3 is 2.67 bits per heavy atom. The van der Waals surface area contributed by atoms with Crippen LogP contribution in [0.4, 0.5) is 0 Å². The minimum absolute atomic E-state index is 0.168. The molecule has 0 aliphatic rings. The average Bonchev–Trinajstić information content (AvgIpc) is 2.41. The van der Waals surface area contributed by atoms with Gasteiger partial charge in [0.2, 0.25) is 0 Å². The van der Waals surface area contributed by atoms with Crippen molar-refractivity contribution in [2.75, 3.05) is 0 Å².